The third-order valence-corrected chi connectivity index (χ3v) is 5.42. The normalized spacial score (nSPS) is 22.3. The van der Waals surface area contributed by atoms with Gasteiger partial charge in [0.05, 0.1) is 37.3 Å². The van der Waals surface area contributed by atoms with Crippen molar-refractivity contribution in [2.24, 2.45) is 0 Å². The van der Waals surface area contributed by atoms with E-state index in [1.807, 2.05) is 29.6 Å². The van der Waals surface area contributed by atoms with E-state index < -0.39 is 0 Å². The largest absolute Gasteiger partial charge is 0.383 e. The highest BCUT2D eigenvalue weighted by Crippen LogP contribution is 2.32. The van der Waals surface area contributed by atoms with Crippen molar-refractivity contribution in [3.63, 3.8) is 0 Å². The number of hydrogen-bond donors (Lipinski definition) is 1. The average molecular weight is 373 g/mol. The molecule has 0 radical (unpaired) electrons. The topological polar surface area (TPSA) is 85.3 Å². The lowest BCUT2D eigenvalue weighted by molar-refractivity contribution is -0.00720. The van der Waals surface area contributed by atoms with E-state index in [4.69, 9.17) is 14.6 Å². The second-order valence-corrected chi connectivity index (χ2v) is 7.43. The Balaban J connectivity index is 1.70. The third-order valence-electron chi connectivity index (χ3n) is 5.42. The zero-order valence-corrected chi connectivity index (χ0v) is 16.2. The minimum Gasteiger partial charge on any atom is -0.383 e. The molecule has 0 unspecified atom stereocenters. The summed E-state index contributed by atoms with van der Waals surface area (Å²) in [4.78, 5) is 15.5. The summed E-state index contributed by atoms with van der Waals surface area (Å²) in [6, 6.07) is 0. The van der Waals surface area contributed by atoms with E-state index in [0.717, 1.165) is 41.9 Å². The van der Waals surface area contributed by atoms with E-state index in [2.05, 4.69) is 10.2 Å². The zero-order chi connectivity index (χ0) is 19.0. The van der Waals surface area contributed by atoms with Gasteiger partial charge in [-0.15, -0.1) is 0 Å². The molecule has 1 amide bonds. The number of amides is 1. The molecule has 146 valence electrons. The smallest absolute Gasteiger partial charge is 0.272 e. The number of ether oxygens (including phenoxy) is 2. The average Bonchev–Trinajstić information content (AvgIpc) is 3.17. The number of carbonyl (C=O) groups excluding carboxylic acids is 1. The number of hydrogen-bond acceptors (Lipinski definition) is 5. The van der Waals surface area contributed by atoms with Gasteiger partial charge in [0, 0.05) is 43.4 Å². The van der Waals surface area contributed by atoms with Crippen LogP contribution >= 0.6 is 0 Å². The molecule has 2 atom stereocenters. The van der Waals surface area contributed by atoms with E-state index in [-0.39, 0.29) is 18.1 Å². The quantitative estimate of drug-likeness (QED) is 0.884. The van der Waals surface area contributed by atoms with Gasteiger partial charge in [-0.25, -0.2) is 0 Å². The van der Waals surface area contributed by atoms with Crippen molar-refractivity contribution in [3.05, 3.63) is 34.4 Å². The first-order valence-corrected chi connectivity index (χ1v) is 9.62. The molecule has 0 saturated carbocycles. The molecular weight excluding hydrogens is 346 g/mol. The van der Waals surface area contributed by atoms with Gasteiger partial charge in [0.1, 0.15) is 5.69 Å². The Bertz CT molecular complexity index is 827. The highest BCUT2D eigenvalue weighted by atomic mass is 16.5. The summed E-state index contributed by atoms with van der Waals surface area (Å²) >= 11 is 0. The summed E-state index contributed by atoms with van der Waals surface area (Å²) in [6.07, 6.45) is 4.34. The molecule has 4 rings (SSSR count). The maximum absolute atomic E-state index is 13.6. The number of rotatable bonds is 4. The highest BCUT2D eigenvalue weighted by Gasteiger charge is 2.34. The summed E-state index contributed by atoms with van der Waals surface area (Å²) < 4.78 is 13.0. The van der Waals surface area contributed by atoms with Gasteiger partial charge in [-0.1, -0.05) is 0 Å². The second kappa shape index (κ2) is 7.44. The first-order valence-electron chi connectivity index (χ1n) is 9.62. The van der Waals surface area contributed by atoms with Crippen LogP contribution in [0.15, 0.2) is 6.20 Å². The maximum Gasteiger partial charge on any atom is 0.272 e. The summed E-state index contributed by atoms with van der Waals surface area (Å²) in [6.45, 7) is 6.42. The molecule has 8 nitrogen and oxygen atoms in total. The lowest BCUT2D eigenvalue weighted by Crippen LogP contribution is -2.34. The fraction of sp³-hybridized carbons (Fsp3) is 0.632. The van der Waals surface area contributed by atoms with E-state index in [0.29, 0.717) is 31.8 Å². The van der Waals surface area contributed by atoms with Gasteiger partial charge in [0.25, 0.3) is 5.91 Å². The van der Waals surface area contributed by atoms with Crippen LogP contribution < -0.4 is 0 Å². The van der Waals surface area contributed by atoms with Gasteiger partial charge >= 0.3 is 0 Å². The fourth-order valence-corrected chi connectivity index (χ4v) is 4.12. The minimum atomic E-state index is -0.108. The molecule has 1 N–H and O–H groups in total. The van der Waals surface area contributed by atoms with Crippen molar-refractivity contribution < 1.29 is 14.3 Å². The van der Waals surface area contributed by atoms with Gasteiger partial charge in [-0.3, -0.25) is 14.6 Å². The maximum atomic E-state index is 13.6. The van der Waals surface area contributed by atoms with Crippen molar-refractivity contribution in [1.29, 1.82) is 0 Å². The summed E-state index contributed by atoms with van der Waals surface area (Å²) in [5, 5.41) is 11.9. The van der Waals surface area contributed by atoms with E-state index in [1.165, 1.54) is 0 Å². The monoisotopic (exact) mass is 373 g/mol. The lowest BCUT2D eigenvalue weighted by atomic mass is 9.99. The van der Waals surface area contributed by atoms with Crippen LogP contribution in [0.3, 0.4) is 0 Å². The van der Waals surface area contributed by atoms with Crippen LogP contribution in [0.2, 0.25) is 0 Å². The predicted molar refractivity (Wildman–Crippen MR) is 98.4 cm³/mol. The highest BCUT2D eigenvalue weighted by molar-refractivity contribution is 5.94. The summed E-state index contributed by atoms with van der Waals surface area (Å²) in [5.74, 6) is 0.0372. The second-order valence-electron chi connectivity index (χ2n) is 7.43. The Labute approximate surface area is 158 Å². The molecule has 2 aromatic heterocycles. The van der Waals surface area contributed by atoms with Crippen LogP contribution in [0.25, 0.3) is 0 Å². The third kappa shape index (κ3) is 3.39. The molecule has 2 aliphatic heterocycles. The minimum absolute atomic E-state index is 0.0372. The lowest BCUT2D eigenvalue weighted by Gasteiger charge is -2.26. The van der Waals surface area contributed by atoms with Gasteiger partial charge < -0.3 is 14.4 Å². The van der Waals surface area contributed by atoms with Gasteiger partial charge in [-0.05, 0) is 26.7 Å². The van der Waals surface area contributed by atoms with Crippen LogP contribution in [-0.2, 0) is 35.4 Å². The predicted octanol–water partition coefficient (Wildman–Crippen LogP) is 1.86. The van der Waals surface area contributed by atoms with Crippen molar-refractivity contribution in [1.82, 2.24) is 24.9 Å². The summed E-state index contributed by atoms with van der Waals surface area (Å²) in [5.41, 5.74) is 4.83. The molecule has 27 heavy (non-hydrogen) atoms. The Morgan fingerprint density at radius 1 is 1.44 bits per heavy atom. The Morgan fingerprint density at radius 2 is 2.30 bits per heavy atom. The Kier molecular flexibility index (Phi) is 5.01. The van der Waals surface area contributed by atoms with Crippen LogP contribution in [0.5, 0.6) is 0 Å². The number of nitrogens with one attached hydrogen (secondary N) is 1. The number of aromatic amines is 1. The number of fused-ring (bicyclic) bond motifs is 2. The molecule has 0 bridgehead atoms. The van der Waals surface area contributed by atoms with Crippen LogP contribution in [0.4, 0.5) is 0 Å². The number of aryl methyl sites for hydroxylation is 1. The van der Waals surface area contributed by atoms with Crippen molar-refractivity contribution in [3.8, 4) is 0 Å². The molecule has 0 aromatic carbocycles. The summed E-state index contributed by atoms with van der Waals surface area (Å²) in [7, 11) is 1.66. The van der Waals surface area contributed by atoms with Gasteiger partial charge in [0.15, 0.2) is 0 Å². The first-order chi connectivity index (χ1) is 13.1. The van der Waals surface area contributed by atoms with Crippen LogP contribution in [0.1, 0.15) is 59.4 Å². The van der Waals surface area contributed by atoms with E-state index >= 15 is 0 Å². The molecule has 0 fully saturated rings. The number of H-pyrrole nitrogens is 1. The van der Waals surface area contributed by atoms with Crippen molar-refractivity contribution in [2.45, 2.75) is 58.4 Å². The molecule has 8 heteroatoms. The Hall–Kier alpha value is -2.19. The van der Waals surface area contributed by atoms with Crippen molar-refractivity contribution >= 4 is 5.91 Å². The number of carbonyl (C=O) groups is 1. The fourth-order valence-electron chi connectivity index (χ4n) is 4.12. The SMILES string of the molecule is COCCn1nc2c(c1C(=O)N1CCCc3[nH]ncc3C1)C[C@H](C)O[C@@H]2C. The molecule has 2 aromatic rings. The molecule has 0 aliphatic carbocycles. The number of methoxy groups -OCH3 is 1. The van der Waals surface area contributed by atoms with Gasteiger partial charge in [0.2, 0.25) is 0 Å². The molecular formula is C19H27N5O3. The van der Waals surface area contributed by atoms with Crippen LogP contribution in [0, 0.1) is 0 Å². The van der Waals surface area contributed by atoms with E-state index in [9.17, 15) is 4.79 Å². The zero-order valence-electron chi connectivity index (χ0n) is 16.2. The molecule has 0 saturated heterocycles. The molecule has 2 aliphatic rings. The number of aromatic nitrogens is 4. The molecule has 0 spiro atoms. The number of nitrogens with zero attached hydrogens (tertiary/aromatic N) is 4. The Morgan fingerprint density at radius 3 is 3.11 bits per heavy atom. The van der Waals surface area contributed by atoms with Gasteiger partial charge in [-0.2, -0.15) is 10.2 Å². The van der Waals surface area contributed by atoms with Crippen LogP contribution in [-0.4, -0.2) is 57.2 Å². The first kappa shape index (κ1) is 18.2. The van der Waals surface area contributed by atoms with E-state index in [1.54, 1.807) is 7.11 Å². The standard InChI is InChI=1S/C19H27N5O3/c1-12-9-15-17(13(2)27-12)22-24(7-8-26-3)18(15)19(25)23-6-4-5-16-14(11-23)10-20-21-16/h10,12-13H,4-9,11H2,1-3H3,(H,20,21)/t12-,13+/m0/s1. The molecule has 4 heterocycles. The van der Waals surface area contributed by atoms with Crippen molar-refractivity contribution in [2.75, 3.05) is 20.3 Å².